The lowest BCUT2D eigenvalue weighted by Crippen LogP contribution is -2.07. The smallest absolute Gasteiger partial charge is 0.0368 e. The Morgan fingerprint density at radius 1 is 1.88 bits per heavy atom. The Morgan fingerprint density at radius 3 is 2.88 bits per heavy atom. The van der Waals surface area contributed by atoms with Crippen LogP contribution in [0.5, 0.6) is 0 Å². The summed E-state index contributed by atoms with van der Waals surface area (Å²) in [5, 5.41) is 2.91. The molecule has 0 aromatic rings. The van der Waals surface area contributed by atoms with Gasteiger partial charge in [-0.1, -0.05) is 6.58 Å². The number of hydrogen-bond acceptors (Lipinski definition) is 2. The first-order valence-corrected chi connectivity index (χ1v) is 2.53. The van der Waals surface area contributed by atoms with E-state index in [2.05, 4.69) is 11.9 Å². The number of nitrogens with two attached hydrogens (primary N) is 1. The zero-order valence-electron chi connectivity index (χ0n) is 5.15. The summed E-state index contributed by atoms with van der Waals surface area (Å²) in [6.45, 7) is 6.23. The maximum Gasteiger partial charge on any atom is 0.0368 e. The van der Waals surface area contributed by atoms with Crippen LogP contribution in [0.15, 0.2) is 24.6 Å². The largest absolute Gasteiger partial charge is 0.405 e. The molecule has 0 fully saturated rings. The molecule has 46 valence electrons. The Kier molecular flexibility index (Phi) is 3.76. The van der Waals surface area contributed by atoms with Crippen LogP contribution >= 0.6 is 0 Å². The van der Waals surface area contributed by atoms with E-state index in [1.807, 2.05) is 6.92 Å². The normalized spacial score (nSPS) is 10.9. The van der Waals surface area contributed by atoms with Gasteiger partial charge in [-0.15, -0.1) is 0 Å². The van der Waals surface area contributed by atoms with Crippen LogP contribution in [0.1, 0.15) is 6.92 Å². The van der Waals surface area contributed by atoms with Gasteiger partial charge in [-0.3, -0.25) is 0 Å². The molecule has 3 N–H and O–H groups in total. The lowest BCUT2D eigenvalue weighted by Gasteiger charge is -1.96. The van der Waals surface area contributed by atoms with Crippen LogP contribution in [-0.2, 0) is 0 Å². The highest BCUT2D eigenvalue weighted by molar-refractivity contribution is 4.97. The van der Waals surface area contributed by atoms with Gasteiger partial charge in [-0.25, -0.2) is 0 Å². The van der Waals surface area contributed by atoms with E-state index in [0.29, 0.717) is 0 Å². The second-order valence-electron chi connectivity index (χ2n) is 1.60. The minimum Gasteiger partial charge on any atom is -0.405 e. The van der Waals surface area contributed by atoms with Gasteiger partial charge in [0.25, 0.3) is 0 Å². The summed E-state index contributed by atoms with van der Waals surface area (Å²) >= 11 is 0. The highest BCUT2D eigenvalue weighted by atomic mass is 14.8. The van der Waals surface area contributed by atoms with E-state index in [-0.39, 0.29) is 0 Å². The maximum absolute atomic E-state index is 5.18. The van der Waals surface area contributed by atoms with Gasteiger partial charge in [-0.2, -0.15) is 0 Å². The van der Waals surface area contributed by atoms with Gasteiger partial charge in [0, 0.05) is 6.54 Å². The van der Waals surface area contributed by atoms with Crippen LogP contribution in [-0.4, -0.2) is 6.54 Å². The van der Waals surface area contributed by atoms with Crippen molar-refractivity contribution in [3.05, 3.63) is 24.6 Å². The fourth-order valence-corrected chi connectivity index (χ4v) is 0.292. The minimum atomic E-state index is 0.792. The molecule has 0 aliphatic rings. The van der Waals surface area contributed by atoms with Crippen LogP contribution < -0.4 is 11.1 Å². The van der Waals surface area contributed by atoms with Crippen LogP contribution in [0.3, 0.4) is 0 Å². The molecular weight excluding hydrogens is 100 g/mol. The third-order valence-corrected chi connectivity index (χ3v) is 0.810. The quantitative estimate of drug-likeness (QED) is 0.560. The van der Waals surface area contributed by atoms with Crippen LogP contribution in [0.2, 0.25) is 0 Å². The van der Waals surface area contributed by atoms with Crippen molar-refractivity contribution in [2.45, 2.75) is 6.92 Å². The molecule has 0 bridgehead atoms. The Morgan fingerprint density at radius 2 is 2.50 bits per heavy atom. The first-order chi connectivity index (χ1) is 3.81. The Hall–Kier alpha value is -0.920. The Balaban J connectivity index is 3.24. The van der Waals surface area contributed by atoms with Crippen molar-refractivity contribution in [3.63, 3.8) is 0 Å². The second-order valence-corrected chi connectivity index (χ2v) is 1.60. The molecule has 0 aliphatic heterocycles. The van der Waals surface area contributed by atoms with E-state index in [9.17, 15) is 0 Å². The number of rotatable bonds is 3. The summed E-state index contributed by atoms with van der Waals surface area (Å²) in [6.07, 6.45) is 3.23. The summed E-state index contributed by atoms with van der Waals surface area (Å²) in [6, 6.07) is 0. The average Bonchev–Trinajstić information content (AvgIpc) is 1.83. The van der Waals surface area contributed by atoms with Crippen LogP contribution in [0.25, 0.3) is 0 Å². The van der Waals surface area contributed by atoms with E-state index in [0.717, 1.165) is 12.1 Å². The molecule has 0 aromatic heterocycles. The second kappa shape index (κ2) is 4.24. The first kappa shape index (κ1) is 7.08. The standard InChI is InChI=1S/C6H12N2/c1-3-8-5-6(2)4-7/h3-4,8H,1,5,7H2,2H3/b6-4-. The van der Waals surface area contributed by atoms with E-state index in [1.165, 1.54) is 0 Å². The number of hydrogen-bond donors (Lipinski definition) is 2. The van der Waals surface area contributed by atoms with Crippen molar-refractivity contribution in [2.24, 2.45) is 5.73 Å². The third-order valence-electron chi connectivity index (χ3n) is 0.810. The van der Waals surface area contributed by atoms with E-state index in [4.69, 9.17) is 5.73 Å². The van der Waals surface area contributed by atoms with Crippen molar-refractivity contribution >= 4 is 0 Å². The van der Waals surface area contributed by atoms with Gasteiger partial charge in [0.05, 0.1) is 0 Å². The molecule has 0 radical (unpaired) electrons. The molecule has 0 rings (SSSR count). The van der Waals surface area contributed by atoms with Gasteiger partial charge < -0.3 is 11.1 Å². The molecule has 0 saturated carbocycles. The van der Waals surface area contributed by atoms with Gasteiger partial charge >= 0.3 is 0 Å². The monoisotopic (exact) mass is 112 g/mol. The molecule has 0 atom stereocenters. The summed E-state index contributed by atoms with van der Waals surface area (Å²) in [5.41, 5.74) is 6.29. The molecule has 0 amide bonds. The molecule has 0 aromatic carbocycles. The van der Waals surface area contributed by atoms with Crippen molar-refractivity contribution in [1.29, 1.82) is 0 Å². The van der Waals surface area contributed by atoms with E-state index >= 15 is 0 Å². The molecule has 0 heterocycles. The lowest BCUT2D eigenvalue weighted by atomic mass is 10.3. The minimum absolute atomic E-state index is 0.792. The summed E-state index contributed by atoms with van der Waals surface area (Å²) in [7, 11) is 0. The zero-order chi connectivity index (χ0) is 6.41. The fourth-order valence-electron chi connectivity index (χ4n) is 0.292. The van der Waals surface area contributed by atoms with Gasteiger partial charge in [0.2, 0.25) is 0 Å². The fraction of sp³-hybridized carbons (Fsp3) is 0.333. The zero-order valence-corrected chi connectivity index (χ0v) is 5.15. The predicted octanol–water partition coefficient (Wildman–Crippen LogP) is 0.582. The highest BCUT2D eigenvalue weighted by Gasteiger charge is 1.79. The summed E-state index contributed by atoms with van der Waals surface area (Å²) < 4.78 is 0. The molecular formula is C6H12N2. The Labute approximate surface area is 50.1 Å². The van der Waals surface area contributed by atoms with E-state index < -0.39 is 0 Å². The lowest BCUT2D eigenvalue weighted by molar-refractivity contribution is 0.935. The van der Waals surface area contributed by atoms with Gasteiger partial charge in [0.15, 0.2) is 0 Å². The molecule has 2 heteroatoms. The SMILES string of the molecule is C=CNC/C(C)=C\N. The predicted molar refractivity (Wildman–Crippen MR) is 36.1 cm³/mol. The van der Waals surface area contributed by atoms with Crippen LogP contribution in [0, 0.1) is 0 Å². The average molecular weight is 112 g/mol. The van der Waals surface area contributed by atoms with Gasteiger partial charge in [-0.05, 0) is 24.9 Å². The van der Waals surface area contributed by atoms with Crippen molar-refractivity contribution in [2.75, 3.05) is 6.54 Å². The first-order valence-electron chi connectivity index (χ1n) is 2.53. The topological polar surface area (TPSA) is 38.0 Å². The highest BCUT2D eigenvalue weighted by Crippen LogP contribution is 1.82. The molecule has 0 aliphatic carbocycles. The van der Waals surface area contributed by atoms with Crippen molar-refractivity contribution < 1.29 is 0 Å². The van der Waals surface area contributed by atoms with Crippen molar-refractivity contribution in [3.8, 4) is 0 Å². The summed E-state index contributed by atoms with van der Waals surface area (Å²) in [4.78, 5) is 0. The van der Waals surface area contributed by atoms with E-state index in [1.54, 1.807) is 12.4 Å². The van der Waals surface area contributed by atoms with Gasteiger partial charge in [0.1, 0.15) is 0 Å². The number of nitrogens with one attached hydrogen (secondary N) is 1. The molecule has 0 spiro atoms. The molecule has 2 nitrogen and oxygen atoms in total. The molecule has 0 unspecified atom stereocenters. The third kappa shape index (κ3) is 3.28. The molecule has 0 saturated heterocycles. The molecule has 8 heavy (non-hydrogen) atoms. The maximum atomic E-state index is 5.18. The Bertz CT molecular complexity index is 94.7. The van der Waals surface area contributed by atoms with Crippen molar-refractivity contribution in [1.82, 2.24) is 5.32 Å². The summed E-state index contributed by atoms with van der Waals surface area (Å²) in [5.74, 6) is 0. The van der Waals surface area contributed by atoms with Crippen LogP contribution in [0.4, 0.5) is 0 Å².